The van der Waals surface area contributed by atoms with Gasteiger partial charge in [0.15, 0.2) is 0 Å². The maximum Gasteiger partial charge on any atom is 0 e. The van der Waals surface area contributed by atoms with Crippen LogP contribution in [0.2, 0.25) is 0 Å². The van der Waals surface area contributed by atoms with Gasteiger partial charge in [-0.25, -0.2) is 0 Å². The first-order valence-electron chi connectivity index (χ1n) is 2.74. The normalized spacial score (nSPS) is 8.22. The van der Waals surface area contributed by atoms with Gasteiger partial charge in [0, 0.05) is 16.5 Å². The van der Waals surface area contributed by atoms with Crippen LogP contribution in [0.1, 0.15) is 11.1 Å². The Balaban J connectivity index is 0.000000640. The summed E-state index contributed by atoms with van der Waals surface area (Å²) in [4.78, 5) is 0. The van der Waals surface area contributed by atoms with Gasteiger partial charge in [0.1, 0.15) is 0 Å². The molecule has 0 N–H and O–H groups in total. The molecule has 0 aliphatic heterocycles. The van der Waals surface area contributed by atoms with E-state index in [9.17, 15) is 0 Å². The van der Waals surface area contributed by atoms with E-state index in [1.165, 1.54) is 11.1 Å². The fourth-order valence-corrected chi connectivity index (χ4v) is 0.731. The van der Waals surface area contributed by atoms with Gasteiger partial charge in [0.25, 0.3) is 0 Å². The zero-order valence-corrected chi connectivity index (χ0v) is 6.54. The summed E-state index contributed by atoms with van der Waals surface area (Å²) in [5.74, 6) is 0. The van der Waals surface area contributed by atoms with Crippen molar-refractivity contribution in [1.82, 2.24) is 0 Å². The Morgan fingerprint density at radius 3 is 1.78 bits per heavy atom. The number of benzene rings is 1. The Kier molecular flexibility index (Phi) is 3.57. The second-order valence-corrected chi connectivity index (χ2v) is 2.02. The molecule has 1 aromatic carbocycles. The molecule has 1 rings (SSSR count). The topological polar surface area (TPSA) is 0 Å². The van der Waals surface area contributed by atoms with Crippen LogP contribution in [0.3, 0.4) is 0 Å². The predicted molar refractivity (Wildman–Crippen MR) is 34.8 cm³/mol. The summed E-state index contributed by atoms with van der Waals surface area (Å²) in [7, 11) is 0. The molecule has 0 aliphatic carbocycles. The third-order valence-electron chi connectivity index (χ3n) is 1.09. The van der Waals surface area contributed by atoms with E-state index in [0.29, 0.717) is 0 Å². The van der Waals surface area contributed by atoms with E-state index in [-0.39, 0.29) is 16.5 Å². The summed E-state index contributed by atoms with van der Waals surface area (Å²) in [6.07, 6.45) is 0. The van der Waals surface area contributed by atoms with E-state index >= 15 is 0 Å². The van der Waals surface area contributed by atoms with Gasteiger partial charge >= 0.3 is 0 Å². The SMILES string of the molecule is Cc1[c-]c(C)ccc1.[Ni]. The molecule has 0 bridgehead atoms. The van der Waals surface area contributed by atoms with E-state index in [4.69, 9.17) is 0 Å². The molecule has 9 heavy (non-hydrogen) atoms. The minimum atomic E-state index is 0. The molecule has 0 fully saturated rings. The quantitative estimate of drug-likeness (QED) is 0.406. The summed E-state index contributed by atoms with van der Waals surface area (Å²) in [6.45, 7) is 4.10. The summed E-state index contributed by atoms with van der Waals surface area (Å²) in [6, 6.07) is 9.31. The first-order valence-corrected chi connectivity index (χ1v) is 2.74. The average molecular weight is 164 g/mol. The summed E-state index contributed by atoms with van der Waals surface area (Å²) in [5, 5.41) is 0. The van der Waals surface area contributed by atoms with Crippen LogP contribution in [0.5, 0.6) is 0 Å². The van der Waals surface area contributed by atoms with Gasteiger partial charge in [-0.15, -0.1) is 0 Å². The first-order chi connectivity index (χ1) is 3.79. The van der Waals surface area contributed by atoms with E-state index in [1.807, 2.05) is 32.0 Å². The summed E-state index contributed by atoms with van der Waals surface area (Å²) in [5.41, 5.74) is 2.43. The number of hydrogen-bond acceptors (Lipinski definition) is 0. The third-order valence-corrected chi connectivity index (χ3v) is 1.09. The van der Waals surface area contributed by atoms with Crippen LogP contribution in [0.25, 0.3) is 0 Å². The van der Waals surface area contributed by atoms with Crippen LogP contribution < -0.4 is 0 Å². The number of aryl methyl sites for hydroxylation is 2. The molecule has 0 saturated heterocycles. The molecule has 0 spiro atoms. The van der Waals surface area contributed by atoms with Crippen molar-refractivity contribution < 1.29 is 16.5 Å². The van der Waals surface area contributed by atoms with E-state index in [2.05, 4.69) is 6.07 Å². The molecule has 1 aromatic rings. The fraction of sp³-hybridized carbons (Fsp3) is 0.250. The molecule has 0 aromatic heterocycles. The van der Waals surface area contributed by atoms with Gasteiger partial charge in [-0.3, -0.25) is 0 Å². The molecular weight excluding hydrogens is 155 g/mol. The van der Waals surface area contributed by atoms with Crippen molar-refractivity contribution in [2.45, 2.75) is 13.8 Å². The monoisotopic (exact) mass is 163 g/mol. The third kappa shape index (κ3) is 2.67. The van der Waals surface area contributed by atoms with Crippen LogP contribution in [0, 0.1) is 19.9 Å². The maximum absolute atomic E-state index is 3.17. The maximum atomic E-state index is 3.17. The molecular formula is C8H9Ni-. The standard InChI is InChI=1S/C8H9.Ni/c1-7-4-3-5-8(2)6-7;/h3-5H,1-2H3;/q-1;. The van der Waals surface area contributed by atoms with Crippen LogP contribution in [0.15, 0.2) is 18.2 Å². The minimum Gasteiger partial charge on any atom is -0.177 e. The second kappa shape index (κ2) is 3.68. The fourth-order valence-electron chi connectivity index (χ4n) is 0.731. The van der Waals surface area contributed by atoms with Crippen molar-refractivity contribution in [1.29, 1.82) is 0 Å². The van der Waals surface area contributed by atoms with Crippen molar-refractivity contribution in [2.75, 3.05) is 0 Å². The van der Waals surface area contributed by atoms with Gasteiger partial charge in [-0.05, 0) is 0 Å². The van der Waals surface area contributed by atoms with Crippen LogP contribution >= 0.6 is 0 Å². The van der Waals surface area contributed by atoms with Crippen molar-refractivity contribution in [3.63, 3.8) is 0 Å². The van der Waals surface area contributed by atoms with Crippen molar-refractivity contribution in [3.8, 4) is 0 Å². The van der Waals surface area contributed by atoms with Crippen molar-refractivity contribution in [3.05, 3.63) is 35.4 Å². The van der Waals surface area contributed by atoms with Gasteiger partial charge < -0.3 is 0 Å². The molecule has 0 nitrogen and oxygen atoms in total. The second-order valence-electron chi connectivity index (χ2n) is 2.02. The Morgan fingerprint density at radius 1 is 1.11 bits per heavy atom. The molecule has 0 radical (unpaired) electrons. The van der Waals surface area contributed by atoms with E-state index < -0.39 is 0 Å². The van der Waals surface area contributed by atoms with Gasteiger partial charge in [-0.2, -0.15) is 35.4 Å². The molecule has 0 amide bonds. The molecule has 1 heteroatoms. The zero-order valence-electron chi connectivity index (χ0n) is 5.55. The Labute approximate surface area is 66.2 Å². The smallest absolute Gasteiger partial charge is 0 e. The van der Waals surface area contributed by atoms with Crippen LogP contribution in [0.4, 0.5) is 0 Å². The van der Waals surface area contributed by atoms with Gasteiger partial charge in [0.2, 0.25) is 0 Å². The summed E-state index contributed by atoms with van der Waals surface area (Å²) < 4.78 is 0. The van der Waals surface area contributed by atoms with Crippen LogP contribution in [-0.4, -0.2) is 0 Å². The molecule has 0 unspecified atom stereocenters. The van der Waals surface area contributed by atoms with Gasteiger partial charge in [-0.1, -0.05) is 13.8 Å². The Bertz CT molecular complexity index is 164. The zero-order chi connectivity index (χ0) is 5.98. The predicted octanol–water partition coefficient (Wildman–Crippen LogP) is 2.10. The molecule has 0 saturated carbocycles. The molecule has 0 heterocycles. The first kappa shape index (κ1) is 8.71. The van der Waals surface area contributed by atoms with E-state index in [0.717, 1.165) is 0 Å². The number of rotatable bonds is 0. The average Bonchev–Trinajstić information content (AvgIpc) is 1.64. The van der Waals surface area contributed by atoms with Crippen LogP contribution in [-0.2, 0) is 16.5 Å². The molecule has 52 valence electrons. The molecule has 0 aliphatic rings. The molecule has 0 atom stereocenters. The number of hydrogen-bond donors (Lipinski definition) is 0. The Hall–Kier alpha value is -0.286. The van der Waals surface area contributed by atoms with Crippen molar-refractivity contribution in [2.24, 2.45) is 0 Å². The Morgan fingerprint density at radius 2 is 1.56 bits per heavy atom. The van der Waals surface area contributed by atoms with Crippen molar-refractivity contribution >= 4 is 0 Å². The van der Waals surface area contributed by atoms with E-state index in [1.54, 1.807) is 0 Å². The largest absolute Gasteiger partial charge is 0.177 e. The minimum absolute atomic E-state index is 0. The summed E-state index contributed by atoms with van der Waals surface area (Å²) >= 11 is 0. The van der Waals surface area contributed by atoms with Gasteiger partial charge in [0.05, 0.1) is 0 Å².